The predicted octanol–water partition coefficient (Wildman–Crippen LogP) is 1.73. The van der Waals surface area contributed by atoms with Crippen LogP contribution in [0.4, 0.5) is 0 Å². The molecule has 0 atom stereocenters. The molecule has 13 heavy (non-hydrogen) atoms. The number of nitrogens with two attached hydrogens (primary N) is 1. The zero-order valence-corrected chi connectivity index (χ0v) is 7.92. The van der Waals surface area contributed by atoms with Gasteiger partial charge in [-0.15, -0.1) is 0 Å². The first-order valence-corrected chi connectivity index (χ1v) is 4.68. The van der Waals surface area contributed by atoms with Gasteiger partial charge in [-0.1, -0.05) is 11.6 Å². The third kappa shape index (κ3) is 2.11. The van der Waals surface area contributed by atoms with Gasteiger partial charge in [-0.3, -0.25) is 0 Å². The number of hydrogen-bond donors (Lipinski definition) is 1. The fourth-order valence-electron chi connectivity index (χ4n) is 1.09. The van der Waals surface area contributed by atoms with Crippen molar-refractivity contribution in [3.63, 3.8) is 0 Å². The van der Waals surface area contributed by atoms with Gasteiger partial charge in [0.15, 0.2) is 0 Å². The molecule has 1 aromatic rings. The van der Waals surface area contributed by atoms with Gasteiger partial charge in [-0.05, 0) is 18.9 Å². The summed E-state index contributed by atoms with van der Waals surface area (Å²) in [5, 5.41) is 0.462. The highest BCUT2D eigenvalue weighted by molar-refractivity contribution is 6.29. The van der Waals surface area contributed by atoms with E-state index in [1.807, 2.05) is 0 Å². The highest BCUT2D eigenvalue weighted by Crippen LogP contribution is 2.29. The first kappa shape index (κ1) is 8.78. The smallest absolute Gasteiger partial charge is 0.142 e. The predicted molar refractivity (Wildman–Crippen MR) is 50.8 cm³/mol. The summed E-state index contributed by atoms with van der Waals surface area (Å²) < 4.78 is 5.60. The van der Waals surface area contributed by atoms with Gasteiger partial charge in [0, 0.05) is 12.1 Å². The average Bonchev–Trinajstić information content (AvgIpc) is 2.92. The lowest BCUT2D eigenvalue weighted by atomic mass is 10.2. The van der Waals surface area contributed by atoms with E-state index in [1.54, 1.807) is 12.3 Å². The average molecular weight is 199 g/mol. The van der Waals surface area contributed by atoms with Gasteiger partial charge in [0.1, 0.15) is 10.9 Å². The first-order chi connectivity index (χ1) is 6.29. The largest absolute Gasteiger partial charge is 0.488 e. The van der Waals surface area contributed by atoms with E-state index < -0.39 is 0 Å². The van der Waals surface area contributed by atoms with Crippen molar-refractivity contribution in [3.05, 3.63) is 23.0 Å². The van der Waals surface area contributed by atoms with Gasteiger partial charge in [0.2, 0.25) is 0 Å². The molecule has 1 fully saturated rings. The van der Waals surface area contributed by atoms with Gasteiger partial charge in [-0.2, -0.15) is 0 Å². The van der Waals surface area contributed by atoms with Crippen molar-refractivity contribution in [2.75, 3.05) is 0 Å². The van der Waals surface area contributed by atoms with Crippen LogP contribution in [0.5, 0.6) is 5.75 Å². The van der Waals surface area contributed by atoms with E-state index in [9.17, 15) is 0 Å². The van der Waals surface area contributed by atoms with E-state index in [1.165, 1.54) is 0 Å². The zero-order chi connectivity index (χ0) is 9.26. The molecule has 3 nitrogen and oxygen atoms in total. The van der Waals surface area contributed by atoms with Crippen LogP contribution in [0, 0.1) is 0 Å². The monoisotopic (exact) mass is 198 g/mol. The second-order valence-corrected chi connectivity index (χ2v) is 3.52. The van der Waals surface area contributed by atoms with Gasteiger partial charge in [0.05, 0.1) is 12.3 Å². The molecule has 2 N–H and O–H groups in total. The van der Waals surface area contributed by atoms with Crippen LogP contribution >= 0.6 is 11.6 Å². The van der Waals surface area contributed by atoms with Gasteiger partial charge in [-0.25, -0.2) is 4.98 Å². The maximum atomic E-state index is 5.73. The molecule has 0 aliphatic heterocycles. The highest BCUT2D eigenvalue weighted by atomic mass is 35.5. The molecule has 1 aliphatic rings. The minimum absolute atomic E-state index is 0.369. The number of pyridine rings is 1. The topological polar surface area (TPSA) is 48.1 Å². The molecule has 0 amide bonds. The number of hydrogen-bond acceptors (Lipinski definition) is 3. The number of halogens is 1. The molecule has 0 aromatic carbocycles. The normalized spacial score (nSPS) is 15.8. The molecule has 1 heterocycles. The zero-order valence-electron chi connectivity index (χ0n) is 7.16. The third-order valence-corrected chi connectivity index (χ3v) is 2.16. The Morgan fingerprint density at radius 1 is 1.62 bits per heavy atom. The van der Waals surface area contributed by atoms with Crippen LogP contribution in [0.25, 0.3) is 0 Å². The number of ether oxygens (including phenoxy) is 1. The fourth-order valence-corrected chi connectivity index (χ4v) is 1.27. The Hall–Kier alpha value is -0.800. The van der Waals surface area contributed by atoms with E-state index in [2.05, 4.69) is 4.98 Å². The standard InChI is InChI=1S/C9H11ClN2O/c10-9-3-6(4-11)8(5-12-9)13-7-1-2-7/h3,5,7H,1-2,4,11H2. The molecule has 0 radical (unpaired) electrons. The highest BCUT2D eigenvalue weighted by Gasteiger charge is 2.24. The van der Waals surface area contributed by atoms with E-state index in [0.29, 0.717) is 17.8 Å². The molecule has 2 rings (SSSR count). The van der Waals surface area contributed by atoms with E-state index >= 15 is 0 Å². The molecule has 1 aliphatic carbocycles. The van der Waals surface area contributed by atoms with Crippen molar-refractivity contribution in [1.29, 1.82) is 0 Å². The lowest BCUT2D eigenvalue weighted by Gasteiger charge is -2.08. The molecule has 0 bridgehead atoms. The van der Waals surface area contributed by atoms with Crippen LogP contribution in [-0.2, 0) is 6.54 Å². The van der Waals surface area contributed by atoms with Crippen molar-refractivity contribution < 1.29 is 4.74 Å². The number of nitrogens with zero attached hydrogens (tertiary/aromatic N) is 1. The Morgan fingerprint density at radius 2 is 2.38 bits per heavy atom. The molecule has 0 unspecified atom stereocenters. The second-order valence-electron chi connectivity index (χ2n) is 3.14. The summed E-state index contributed by atoms with van der Waals surface area (Å²) in [7, 11) is 0. The van der Waals surface area contributed by atoms with Crippen molar-refractivity contribution in [2.24, 2.45) is 5.73 Å². The Morgan fingerprint density at radius 3 is 3.00 bits per heavy atom. The fraction of sp³-hybridized carbons (Fsp3) is 0.444. The van der Waals surface area contributed by atoms with Gasteiger partial charge < -0.3 is 10.5 Å². The lowest BCUT2D eigenvalue weighted by molar-refractivity contribution is 0.299. The van der Waals surface area contributed by atoms with E-state index in [0.717, 1.165) is 24.2 Å². The SMILES string of the molecule is NCc1cc(Cl)ncc1OC1CC1. The molecule has 0 saturated heterocycles. The van der Waals surface area contributed by atoms with Crippen molar-refractivity contribution in [1.82, 2.24) is 4.98 Å². The van der Waals surface area contributed by atoms with Crippen molar-refractivity contribution >= 4 is 11.6 Å². The van der Waals surface area contributed by atoms with Crippen molar-refractivity contribution in [3.8, 4) is 5.75 Å². The molecule has 4 heteroatoms. The summed E-state index contributed by atoms with van der Waals surface area (Å²) in [5.74, 6) is 0.773. The van der Waals surface area contributed by atoms with Gasteiger partial charge in [0.25, 0.3) is 0 Å². The summed E-state index contributed by atoms with van der Waals surface area (Å²) in [6.07, 6.45) is 4.27. The van der Waals surface area contributed by atoms with Gasteiger partial charge >= 0.3 is 0 Å². The van der Waals surface area contributed by atoms with Crippen LogP contribution in [-0.4, -0.2) is 11.1 Å². The minimum Gasteiger partial charge on any atom is -0.488 e. The molecular formula is C9H11ClN2O. The quantitative estimate of drug-likeness (QED) is 0.753. The molecule has 1 saturated carbocycles. The van der Waals surface area contributed by atoms with E-state index in [4.69, 9.17) is 22.1 Å². The van der Waals surface area contributed by atoms with Crippen LogP contribution in [0.2, 0.25) is 5.15 Å². The number of aromatic nitrogens is 1. The Labute approximate surface area is 81.9 Å². The molecular weight excluding hydrogens is 188 g/mol. The molecule has 0 spiro atoms. The van der Waals surface area contributed by atoms with E-state index in [-0.39, 0.29) is 0 Å². The third-order valence-electron chi connectivity index (χ3n) is 1.95. The minimum atomic E-state index is 0.369. The van der Waals surface area contributed by atoms with Crippen LogP contribution in [0.3, 0.4) is 0 Å². The summed E-state index contributed by atoms with van der Waals surface area (Å²) in [6.45, 7) is 0.435. The first-order valence-electron chi connectivity index (χ1n) is 4.30. The summed E-state index contributed by atoms with van der Waals surface area (Å²) in [5.41, 5.74) is 6.47. The van der Waals surface area contributed by atoms with Crippen molar-refractivity contribution in [2.45, 2.75) is 25.5 Å². The molecule has 70 valence electrons. The van der Waals surface area contributed by atoms with Crippen LogP contribution in [0.15, 0.2) is 12.3 Å². The second kappa shape index (κ2) is 3.52. The lowest BCUT2D eigenvalue weighted by Crippen LogP contribution is -2.04. The van der Waals surface area contributed by atoms with Crippen LogP contribution < -0.4 is 10.5 Å². The Kier molecular flexibility index (Phi) is 2.38. The summed E-state index contributed by atoms with van der Waals surface area (Å²) in [4.78, 5) is 3.95. The maximum absolute atomic E-state index is 5.73. The summed E-state index contributed by atoms with van der Waals surface area (Å²) >= 11 is 5.73. The Balaban J connectivity index is 2.21. The summed E-state index contributed by atoms with van der Waals surface area (Å²) in [6, 6.07) is 1.75. The molecule has 1 aromatic heterocycles. The number of rotatable bonds is 3. The Bertz CT molecular complexity index is 312. The maximum Gasteiger partial charge on any atom is 0.142 e. The van der Waals surface area contributed by atoms with Crippen LogP contribution in [0.1, 0.15) is 18.4 Å².